The Balaban J connectivity index is 1.36. The molecule has 33 heavy (non-hydrogen) atoms. The molecule has 0 bridgehead atoms. The molecule has 0 amide bonds. The van der Waals surface area contributed by atoms with E-state index in [1.807, 2.05) is 9.80 Å². The van der Waals surface area contributed by atoms with Crippen molar-refractivity contribution in [3.63, 3.8) is 0 Å². The van der Waals surface area contributed by atoms with Crippen LogP contribution in [0.3, 0.4) is 0 Å². The normalized spacial score (nSPS) is 18.0. The lowest BCUT2D eigenvalue weighted by Gasteiger charge is -2.49. The molecule has 1 spiro atoms. The van der Waals surface area contributed by atoms with Crippen LogP contribution in [0.1, 0.15) is 12.1 Å². The van der Waals surface area contributed by atoms with Gasteiger partial charge < -0.3 is 9.80 Å². The summed E-state index contributed by atoms with van der Waals surface area (Å²) in [4.78, 5) is 20.1. The fourth-order valence-electron chi connectivity index (χ4n) is 4.90. The smallest absolute Gasteiger partial charge is 0.370 e. The van der Waals surface area contributed by atoms with Crippen molar-refractivity contribution in [2.75, 3.05) is 36.0 Å². The van der Waals surface area contributed by atoms with Crippen molar-refractivity contribution in [1.82, 2.24) is 19.3 Å². The molecule has 2 aliphatic rings. The standard InChI is InChI=1S/C21H21F5N6O/c1-29-18(7-15-14(19(29)33)8-28-32(15)9-17(22)23)30-5-3-20(10-30)11-31(12-20)13-2-4-27-16(6-13)21(24,25)26/h2,4,6-8,17H,3,5,9-12H2,1H3. The average Bonchev–Trinajstić information content (AvgIpc) is 3.34. The third-order valence-electron chi connectivity index (χ3n) is 6.55. The maximum atomic E-state index is 13.0. The topological polar surface area (TPSA) is 59.2 Å². The number of pyridine rings is 2. The van der Waals surface area contributed by atoms with Crippen molar-refractivity contribution in [3.05, 3.63) is 46.6 Å². The van der Waals surface area contributed by atoms with Gasteiger partial charge in [0.05, 0.1) is 17.1 Å². The molecule has 0 aromatic carbocycles. The van der Waals surface area contributed by atoms with Crippen LogP contribution in [0.15, 0.2) is 35.4 Å². The van der Waals surface area contributed by atoms with Crippen LogP contribution >= 0.6 is 0 Å². The summed E-state index contributed by atoms with van der Waals surface area (Å²) in [6.07, 6.45) is -3.81. The summed E-state index contributed by atoms with van der Waals surface area (Å²) < 4.78 is 67.4. The van der Waals surface area contributed by atoms with Gasteiger partial charge in [-0.15, -0.1) is 0 Å². The molecule has 2 fully saturated rings. The van der Waals surface area contributed by atoms with Crippen molar-refractivity contribution in [2.24, 2.45) is 12.5 Å². The third kappa shape index (κ3) is 3.70. The summed E-state index contributed by atoms with van der Waals surface area (Å²) >= 11 is 0. The monoisotopic (exact) mass is 468 g/mol. The lowest BCUT2D eigenvalue weighted by atomic mass is 9.79. The van der Waals surface area contributed by atoms with Gasteiger partial charge in [0.2, 0.25) is 0 Å². The van der Waals surface area contributed by atoms with E-state index in [4.69, 9.17) is 0 Å². The molecule has 2 aliphatic heterocycles. The second-order valence-electron chi connectivity index (χ2n) is 8.81. The Bertz CT molecular complexity index is 1260. The Morgan fingerprint density at radius 2 is 1.88 bits per heavy atom. The van der Waals surface area contributed by atoms with Crippen LogP contribution in [-0.2, 0) is 19.8 Å². The largest absolute Gasteiger partial charge is 0.433 e. The van der Waals surface area contributed by atoms with Gasteiger partial charge in [-0.3, -0.25) is 19.0 Å². The van der Waals surface area contributed by atoms with Crippen LogP contribution < -0.4 is 15.4 Å². The molecule has 0 N–H and O–H groups in total. The minimum atomic E-state index is -4.50. The predicted molar refractivity (Wildman–Crippen MR) is 112 cm³/mol. The highest BCUT2D eigenvalue weighted by Gasteiger charge is 2.48. The van der Waals surface area contributed by atoms with Crippen molar-refractivity contribution in [2.45, 2.75) is 25.6 Å². The quantitative estimate of drug-likeness (QED) is 0.551. The van der Waals surface area contributed by atoms with E-state index in [2.05, 4.69) is 10.1 Å². The van der Waals surface area contributed by atoms with Gasteiger partial charge in [0, 0.05) is 56.6 Å². The molecule has 5 rings (SSSR count). The Labute approximate surface area is 185 Å². The van der Waals surface area contributed by atoms with Gasteiger partial charge in [0.1, 0.15) is 18.1 Å². The van der Waals surface area contributed by atoms with Gasteiger partial charge >= 0.3 is 6.18 Å². The van der Waals surface area contributed by atoms with Crippen LogP contribution in [-0.4, -0.2) is 51.9 Å². The number of nitrogens with zero attached hydrogens (tertiary/aromatic N) is 6. The lowest BCUT2D eigenvalue weighted by molar-refractivity contribution is -0.141. The zero-order chi connectivity index (χ0) is 23.5. The molecule has 0 unspecified atom stereocenters. The molecule has 7 nitrogen and oxygen atoms in total. The Kier molecular flexibility index (Phi) is 4.87. The fourth-order valence-corrected chi connectivity index (χ4v) is 4.90. The van der Waals surface area contributed by atoms with E-state index >= 15 is 0 Å². The molecular formula is C21H21F5N6O. The number of anilines is 2. The lowest BCUT2D eigenvalue weighted by Crippen LogP contribution is -2.58. The summed E-state index contributed by atoms with van der Waals surface area (Å²) in [6.45, 7) is 1.84. The molecular weight excluding hydrogens is 447 g/mol. The summed E-state index contributed by atoms with van der Waals surface area (Å²) in [5.41, 5.74) is -0.504. The Hall–Kier alpha value is -3.18. The number of fused-ring (bicyclic) bond motifs is 1. The van der Waals surface area contributed by atoms with Gasteiger partial charge in [-0.25, -0.2) is 8.78 Å². The molecule has 0 aliphatic carbocycles. The predicted octanol–water partition coefficient (Wildman–Crippen LogP) is 3.13. The average molecular weight is 468 g/mol. The van der Waals surface area contributed by atoms with Crippen LogP contribution in [0, 0.1) is 5.41 Å². The van der Waals surface area contributed by atoms with Crippen molar-refractivity contribution >= 4 is 22.4 Å². The van der Waals surface area contributed by atoms with E-state index in [-0.39, 0.29) is 16.4 Å². The summed E-state index contributed by atoms with van der Waals surface area (Å²) in [7, 11) is 1.63. The van der Waals surface area contributed by atoms with Crippen LogP contribution in [0.25, 0.3) is 10.9 Å². The highest BCUT2D eigenvalue weighted by atomic mass is 19.4. The van der Waals surface area contributed by atoms with E-state index in [0.717, 1.165) is 23.4 Å². The molecule has 3 aromatic rings. The van der Waals surface area contributed by atoms with Crippen LogP contribution in [0.2, 0.25) is 0 Å². The van der Waals surface area contributed by atoms with Gasteiger partial charge in [-0.05, 0) is 18.6 Å². The Morgan fingerprint density at radius 1 is 1.15 bits per heavy atom. The fraction of sp³-hybridized carbons (Fsp3) is 0.476. The van der Waals surface area contributed by atoms with Gasteiger partial charge in [-0.1, -0.05) is 0 Å². The zero-order valence-corrected chi connectivity index (χ0v) is 17.7. The molecule has 176 valence electrons. The highest BCUT2D eigenvalue weighted by molar-refractivity contribution is 5.80. The third-order valence-corrected chi connectivity index (χ3v) is 6.55. The van der Waals surface area contributed by atoms with E-state index in [1.165, 1.54) is 10.8 Å². The molecule has 0 atom stereocenters. The highest BCUT2D eigenvalue weighted by Crippen LogP contribution is 2.43. The maximum absolute atomic E-state index is 13.0. The van der Waals surface area contributed by atoms with Crippen LogP contribution in [0.5, 0.6) is 0 Å². The molecule has 12 heteroatoms. The number of rotatable bonds is 4. The van der Waals surface area contributed by atoms with E-state index in [1.54, 1.807) is 19.2 Å². The van der Waals surface area contributed by atoms with Crippen LogP contribution in [0.4, 0.5) is 33.5 Å². The second kappa shape index (κ2) is 7.42. The number of halogens is 5. The maximum Gasteiger partial charge on any atom is 0.433 e. The van der Waals surface area contributed by atoms with E-state index in [0.29, 0.717) is 43.2 Å². The minimum Gasteiger partial charge on any atom is -0.370 e. The molecule has 5 heterocycles. The summed E-state index contributed by atoms with van der Waals surface area (Å²) in [5.74, 6) is 0.613. The first-order valence-electron chi connectivity index (χ1n) is 10.4. The number of hydrogen-bond donors (Lipinski definition) is 0. The van der Waals surface area contributed by atoms with Crippen molar-refractivity contribution < 1.29 is 22.0 Å². The number of aromatic nitrogens is 4. The van der Waals surface area contributed by atoms with Gasteiger partial charge in [-0.2, -0.15) is 18.3 Å². The first-order chi connectivity index (χ1) is 15.6. The van der Waals surface area contributed by atoms with Gasteiger partial charge in [0.25, 0.3) is 12.0 Å². The van der Waals surface area contributed by atoms with E-state index < -0.39 is 24.8 Å². The molecule has 0 radical (unpaired) electrons. The van der Waals surface area contributed by atoms with Crippen molar-refractivity contribution in [1.29, 1.82) is 0 Å². The minimum absolute atomic E-state index is 0.115. The number of alkyl halides is 5. The molecule has 0 saturated carbocycles. The van der Waals surface area contributed by atoms with E-state index in [9.17, 15) is 26.7 Å². The first kappa shape index (κ1) is 21.7. The first-order valence-corrected chi connectivity index (χ1v) is 10.4. The summed E-state index contributed by atoms with van der Waals surface area (Å²) in [5, 5.41) is 4.22. The Morgan fingerprint density at radius 3 is 2.58 bits per heavy atom. The second-order valence-corrected chi connectivity index (χ2v) is 8.81. The summed E-state index contributed by atoms with van der Waals surface area (Å²) in [6, 6.07) is 4.33. The SMILES string of the molecule is Cn1c(N2CCC3(CN(c4ccnc(C(F)(F)F)c4)C3)C2)cc2c(cnn2CC(F)F)c1=O. The number of hydrogen-bond acceptors (Lipinski definition) is 5. The van der Waals surface area contributed by atoms with Gasteiger partial charge in [0.15, 0.2) is 0 Å². The molecule has 2 saturated heterocycles. The molecule has 3 aromatic heterocycles. The zero-order valence-electron chi connectivity index (χ0n) is 17.7. The van der Waals surface area contributed by atoms with Crippen molar-refractivity contribution in [3.8, 4) is 0 Å².